The van der Waals surface area contributed by atoms with Gasteiger partial charge in [0.2, 0.25) is 0 Å². The second-order valence-corrected chi connectivity index (χ2v) is 4.80. The molecule has 2 N–H and O–H groups in total. The van der Waals surface area contributed by atoms with E-state index in [1.807, 2.05) is 24.3 Å². The van der Waals surface area contributed by atoms with Crippen LogP contribution < -0.4 is 10.6 Å². The number of halogens is 1. The van der Waals surface area contributed by atoms with Gasteiger partial charge in [-0.1, -0.05) is 23.7 Å². The number of benzene rings is 1. The highest BCUT2D eigenvalue weighted by Gasteiger charge is 2.29. The first-order chi connectivity index (χ1) is 7.81. The van der Waals surface area contributed by atoms with Gasteiger partial charge in [0.05, 0.1) is 16.8 Å². The van der Waals surface area contributed by atoms with Crippen LogP contribution in [0.15, 0.2) is 29.3 Å². The molecule has 1 aliphatic heterocycles. The van der Waals surface area contributed by atoms with Gasteiger partial charge >= 0.3 is 0 Å². The molecule has 1 saturated carbocycles. The molecule has 2 atom stereocenters. The zero-order valence-electron chi connectivity index (χ0n) is 8.91. The number of rotatable bonds is 1. The van der Waals surface area contributed by atoms with Crippen LogP contribution in [0.25, 0.3) is 0 Å². The third-order valence-corrected chi connectivity index (χ3v) is 3.51. The number of hydrogen-bond donors (Lipinski definition) is 2. The van der Waals surface area contributed by atoms with Gasteiger partial charge in [-0.25, -0.2) is 4.99 Å². The van der Waals surface area contributed by atoms with Crippen molar-refractivity contribution in [3.8, 4) is 0 Å². The molecule has 1 aliphatic carbocycles. The number of para-hydroxylation sites is 1. The van der Waals surface area contributed by atoms with Gasteiger partial charge in [-0.2, -0.15) is 0 Å². The number of guanidine groups is 1. The fraction of sp³-hybridized carbons (Fsp3) is 0.417. The van der Waals surface area contributed by atoms with Gasteiger partial charge in [0.25, 0.3) is 0 Å². The summed E-state index contributed by atoms with van der Waals surface area (Å²) in [5.74, 6) is 0.867. The van der Waals surface area contributed by atoms with Crippen molar-refractivity contribution in [1.82, 2.24) is 5.32 Å². The van der Waals surface area contributed by atoms with Crippen molar-refractivity contribution in [2.24, 2.45) is 4.99 Å². The maximum Gasteiger partial charge on any atom is 0.196 e. The van der Waals surface area contributed by atoms with Gasteiger partial charge < -0.3 is 10.6 Å². The van der Waals surface area contributed by atoms with Crippen molar-refractivity contribution in [1.29, 1.82) is 0 Å². The molecule has 0 saturated heterocycles. The normalized spacial score (nSPS) is 27.2. The first kappa shape index (κ1) is 9.97. The largest absolute Gasteiger partial charge is 0.353 e. The number of nitrogens with one attached hydrogen (secondary N) is 2. The molecular formula is C12H14ClN3. The van der Waals surface area contributed by atoms with E-state index in [0.717, 1.165) is 16.7 Å². The van der Waals surface area contributed by atoms with Gasteiger partial charge in [-0.3, -0.25) is 0 Å². The molecule has 84 valence electrons. The summed E-state index contributed by atoms with van der Waals surface area (Å²) in [6.07, 6.45) is 3.60. The highest BCUT2D eigenvalue weighted by molar-refractivity contribution is 6.33. The van der Waals surface area contributed by atoms with Crippen LogP contribution in [0.2, 0.25) is 5.02 Å². The zero-order valence-corrected chi connectivity index (χ0v) is 9.67. The van der Waals surface area contributed by atoms with Crippen molar-refractivity contribution < 1.29 is 0 Å². The third kappa shape index (κ3) is 1.87. The maximum atomic E-state index is 6.09. The minimum Gasteiger partial charge on any atom is -0.353 e. The molecule has 0 spiro atoms. The van der Waals surface area contributed by atoms with E-state index in [9.17, 15) is 0 Å². The van der Waals surface area contributed by atoms with Gasteiger partial charge in [0, 0.05) is 6.04 Å². The monoisotopic (exact) mass is 235 g/mol. The lowest BCUT2D eigenvalue weighted by Gasteiger charge is -2.22. The van der Waals surface area contributed by atoms with Crippen molar-refractivity contribution in [3.05, 3.63) is 29.3 Å². The molecule has 1 fully saturated rings. The lowest BCUT2D eigenvalue weighted by Crippen LogP contribution is -2.41. The summed E-state index contributed by atoms with van der Waals surface area (Å²) >= 11 is 6.09. The minimum atomic E-state index is 0.497. The van der Waals surface area contributed by atoms with Crippen LogP contribution in [0.4, 0.5) is 5.69 Å². The Balaban J connectivity index is 1.78. The molecule has 3 nitrogen and oxygen atoms in total. The molecule has 1 aromatic rings. The van der Waals surface area contributed by atoms with Crippen molar-refractivity contribution in [2.45, 2.75) is 31.3 Å². The zero-order chi connectivity index (χ0) is 11.0. The van der Waals surface area contributed by atoms with Crippen molar-refractivity contribution >= 4 is 23.2 Å². The van der Waals surface area contributed by atoms with Crippen LogP contribution >= 0.6 is 11.6 Å². The standard InChI is InChI=1S/C12H14ClN3/c13-10-3-1-2-4-11(10)16-12-14-8-5-6-9(7-8)15-12/h1-4,8-9H,5-7H2,(H2,14,15,16). The fourth-order valence-electron chi connectivity index (χ4n) is 2.38. The highest BCUT2D eigenvalue weighted by Crippen LogP contribution is 2.26. The molecule has 2 aliphatic rings. The van der Waals surface area contributed by atoms with Gasteiger partial charge in [-0.15, -0.1) is 0 Å². The summed E-state index contributed by atoms with van der Waals surface area (Å²) in [6.45, 7) is 0. The molecule has 3 rings (SSSR count). The molecule has 2 bridgehead atoms. The molecule has 1 heterocycles. The Labute approximate surface area is 99.9 Å². The Hall–Kier alpha value is -1.22. The fourth-order valence-corrected chi connectivity index (χ4v) is 2.56. The lowest BCUT2D eigenvalue weighted by molar-refractivity contribution is 0.582. The number of fused-ring (bicyclic) bond motifs is 2. The second kappa shape index (κ2) is 3.98. The second-order valence-electron chi connectivity index (χ2n) is 4.39. The van der Waals surface area contributed by atoms with E-state index >= 15 is 0 Å². The van der Waals surface area contributed by atoms with Crippen LogP contribution in [0.1, 0.15) is 19.3 Å². The van der Waals surface area contributed by atoms with Crippen LogP contribution in [-0.4, -0.2) is 18.0 Å². The van der Waals surface area contributed by atoms with Crippen LogP contribution in [-0.2, 0) is 0 Å². The topological polar surface area (TPSA) is 36.4 Å². The van der Waals surface area contributed by atoms with E-state index in [2.05, 4.69) is 15.6 Å². The molecule has 0 aromatic heterocycles. The molecule has 0 amide bonds. The van der Waals surface area contributed by atoms with E-state index < -0.39 is 0 Å². The minimum absolute atomic E-state index is 0.497. The quantitative estimate of drug-likeness (QED) is 0.785. The number of hydrogen-bond acceptors (Lipinski definition) is 3. The molecule has 1 aromatic carbocycles. The highest BCUT2D eigenvalue weighted by atomic mass is 35.5. The Kier molecular flexibility index (Phi) is 2.48. The van der Waals surface area contributed by atoms with E-state index in [1.54, 1.807) is 0 Å². The van der Waals surface area contributed by atoms with Crippen LogP contribution in [0, 0.1) is 0 Å². The van der Waals surface area contributed by atoms with Gasteiger partial charge in [-0.05, 0) is 31.4 Å². The summed E-state index contributed by atoms with van der Waals surface area (Å²) in [5.41, 5.74) is 0.914. The smallest absolute Gasteiger partial charge is 0.196 e. The SMILES string of the molecule is Clc1ccccc1NC1=NC2CCC(C2)N1. The van der Waals surface area contributed by atoms with Crippen LogP contribution in [0.3, 0.4) is 0 Å². The van der Waals surface area contributed by atoms with Crippen molar-refractivity contribution in [3.63, 3.8) is 0 Å². The predicted molar refractivity (Wildman–Crippen MR) is 67.1 cm³/mol. The van der Waals surface area contributed by atoms with E-state index in [0.29, 0.717) is 12.1 Å². The first-order valence-electron chi connectivity index (χ1n) is 5.67. The average Bonchev–Trinajstić information content (AvgIpc) is 2.62. The lowest BCUT2D eigenvalue weighted by atomic mass is 10.2. The van der Waals surface area contributed by atoms with E-state index in [1.165, 1.54) is 19.3 Å². The summed E-state index contributed by atoms with van der Waals surface area (Å²) in [4.78, 5) is 4.61. The molecule has 2 unspecified atom stereocenters. The third-order valence-electron chi connectivity index (χ3n) is 3.18. The molecule has 16 heavy (non-hydrogen) atoms. The molecule has 4 heteroatoms. The number of aliphatic imine (C=N–C) groups is 1. The van der Waals surface area contributed by atoms with E-state index in [4.69, 9.17) is 11.6 Å². The Morgan fingerprint density at radius 2 is 2.19 bits per heavy atom. The van der Waals surface area contributed by atoms with Crippen molar-refractivity contribution in [2.75, 3.05) is 5.32 Å². The van der Waals surface area contributed by atoms with E-state index in [-0.39, 0.29) is 0 Å². The molecule has 0 radical (unpaired) electrons. The Morgan fingerprint density at radius 3 is 3.00 bits per heavy atom. The first-order valence-corrected chi connectivity index (χ1v) is 6.05. The summed E-state index contributed by atoms with van der Waals surface area (Å²) in [6, 6.07) is 8.81. The maximum absolute atomic E-state index is 6.09. The number of nitrogens with zero attached hydrogens (tertiary/aromatic N) is 1. The predicted octanol–water partition coefficient (Wildman–Crippen LogP) is 2.63. The van der Waals surface area contributed by atoms with Gasteiger partial charge in [0.15, 0.2) is 5.96 Å². The van der Waals surface area contributed by atoms with Crippen LogP contribution in [0.5, 0.6) is 0 Å². The summed E-state index contributed by atoms with van der Waals surface area (Å²) < 4.78 is 0. The Bertz CT molecular complexity index is 430. The number of anilines is 1. The molecular weight excluding hydrogens is 222 g/mol. The Morgan fingerprint density at radius 1 is 1.31 bits per heavy atom. The van der Waals surface area contributed by atoms with Gasteiger partial charge in [0.1, 0.15) is 0 Å². The average molecular weight is 236 g/mol. The summed E-state index contributed by atoms with van der Waals surface area (Å²) in [5, 5.41) is 7.38. The summed E-state index contributed by atoms with van der Waals surface area (Å²) in [7, 11) is 0.